The van der Waals surface area contributed by atoms with Gasteiger partial charge >= 0.3 is 0 Å². The normalized spacial score (nSPS) is 11.0. The van der Waals surface area contributed by atoms with E-state index in [9.17, 15) is 14.4 Å². The third-order valence-electron chi connectivity index (χ3n) is 7.93. The van der Waals surface area contributed by atoms with E-state index in [2.05, 4.69) is 109 Å². The molecule has 0 aliphatic carbocycles. The molecule has 5 aromatic rings. The zero-order valence-corrected chi connectivity index (χ0v) is 29.6. The molecule has 5 aromatic carbocycles. The van der Waals surface area contributed by atoms with E-state index in [0.717, 1.165) is 50.1 Å². The molecule has 3 nitrogen and oxygen atoms in total. The molecule has 0 spiro atoms. The Morgan fingerprint density at radius 1 is 0.438 bits per heavy atom. The lowest BCUT2D eigenvalue weighted by Gasteiger charge is -2.37. The maximum absolute atomic E-state index is 11.7. The molecule has 0 fully saturated rings. The van der Waals surface area contributed by atoms with Crippen LogP contribution < -0.4 is 0 Å². The summed E-state index contributed by atoms with van der Waals surface area (Å²) in [7, 11) is 0. The fourth-order valence-electron chi connectivity index (χ4n) is 5.58. The standard InChI is InChI=1S/C42H36O3S3/c1-30(43)46-27-35-13-21-39(22-14-35)42(40-23-15-36(16-24-40)28-47-31(2)44,41-25-17-37(18-26-41)29-48-32(3)45)38-19-11-34(12-20-38)10-9-33-7-5-4-6-8-33/h4-8,11-26H,27-29H2,1-3H3. The van der Waals surface area contributed by atoms with Gasteiger partial charge in [0.25, 0.3) is 0 Å². The van der Waals surface area contributed by atoms with Crippen LogP contribution in [0.1, 0.15) is 70.8 Å². The lowest BCUT2D eigenvalue weighted by atomic mass is 9.65. The van der Waals surface area contributed by atoms with Crippen LogP contribution in [0.3, 0.4) is 0 Å². The molecule has 6 heteroatoms. The van der Waals surface area contributed by atoms with Crippen LogP contribution >= 0.6 is 35.3 Å². The third-order valence-corrected chi connectivity index (χ3v) is 10.6. The fraction of sp³-hybridized carbons (Fsp3) is 0.167. The number of carbonyl (C=O) groups excluding carboxylic acids is 3. The second-order valence-corrected chi connectivity index (χ2v) is 14.8. The van der Waals surface area contributed by atoms with Gasteiger partial charge in [-0.25, -0.2) is 0 Å². The summed E-state index contributed by atoms with van der Waals surface area (Å²) < 4.78 is 0. The highest BCUT2D eigenvalue weighted by molar-refractivity contribution is 8.13. The Labute approximate surface area is 296 Å². The summed E-state index contributed by atoms with van der Waals surface area (Å²) in [5.41, 5.74) is 8.74. The largest absolute Gasteiger partial charge is 0.288 e. The van der Waals surface area contributed by atoms with Crippen molar-refractivity contribution in [3.63, 3.8) is 0 Å². The van der Waals surface area contributed by atoms with E-state index in [1.807, 2.05) is 30.3 Å². The Bertz CT molecular complexity index is 1770. The van der Waals surface area contributed by atoms with Gasteiger partial charge in [0.05, 0.1) is 5.41 Å². The van der Waals surface area contributed by atoms with Crippen molar-refractivity contribution in [2.45, 2.75) is 43.4 Å². The van der Waals surface area contributed by atoms with Gasteiger partial charge in [0.2, 0.25) is 0 Å². The summed E-state index contributed by atoms with van der Waals surface area (Å²) in [4.78, 5) is 35.1. The first-order valence-electron chi connectivity index (χ1n) is 15.6. The van der Waals surface area contributed by atoms with E-state index in [-0.39, 0.29) is 15.3 Å². The average molecular weight is 685 g/mol. The molecule has 0 saturated carbocycles. The van der Waals surface area contributed by atoms with Gasteiger partial charge in [0.15, 0.2) is 15.3 Å². The second-order valence-electron chi connectivity index (χ2n) is 11.4. The van der Waals surface area contributed by atoms with E-state index in [0.29, 0.717) is 17.3 Å². The number of hydrogen-bond donors (Lipinski definition) is 0. The van der Waals surface area contributed by atoms with Crippen molar-refractivity contribution in [1.82, 2.24) is 0 Å². The first-order valence-corrected chi connectivity index (χ1v) is 18.6. The van der Waals surface area contributed by atoms with Gasteiger partial charge < -0.3 is 0 Å². The van der Waals surface area contributed by atoms with Gasteiger partial charge in [-0.3, -0.25) is 14.4 Å². The van der Waals surface area contributed by atoms with Crippen molar-refractivity contribution in [2.24, 2.45) is 0 Å². The molecular weight excluding hydrogens is 649 g/mol. The topological polar surface area (TPSA) is 51.2 Å². The van der Waals surface area contributed by atoms with E-state index in [1.54, 1.807) is 20.8 Å². The molecule has 5 rings (SSSR count). The van der Waals surface area contributed by atoms with Crippen molar-refractivity contribution < 1.29 is 14.4 Å². The van der Waals surface area contributed by atoms with E-state index < -0.39 is 5.41 Å². The molecule has 0 unspecified atom stereocenters. The lowest BCUT2D eigenvalue weighted by Crippen LogP contribution is -2.31. The summed E-state index contributed by atoms with van der Waals surface area (Å²) in [6, 6.07) is 44.1. The quantitative estimate of drug-likeness (QED) is 0.108. The Morgan fingerprint density at radius 3 is 1.04 bits per heavy atom. The zero-order valence-electron chi connectivity index (χ0n) is 27.2. The minimum absolute atomic E-state index is 0.0925. The van der Waals surface area contributed by atoms with Crippen LogP contribution in [0.2, 0.25) is 0 Å². The Hall–Kier alpha value is -4.28. The maximum atomic E-state index is 11.7. The van der Waals surface area contributed by atoms with Crippen molar-refractivity contribution in [3.05, 3.63) is 177 Å². The number of thioether (sulfide) groups is 3. The van der Waals surface area contributed by atoms with Gasteiger partial charge in [0.1, 0.15) is 0 Å². The molecular formula is C42H36O3S3. The number of benzene rings is 5. The van der Waals surface area contributed by atoms with Crippen LogP contribution in [0.4, 0.5) is 0 Å². The number of hydrogen-bond acceptors (Lipinski definition) is 6. The lowest BCUT2D eigenvalue weighted by molar-refractivity contribution is -0.109. The van der Waals surface area contributed by atoms with Crippen molar-refractivity contribution in [3.8, 4) is 11.8 Å². The van der Waals surface area contributed by atoms with Crippen LogP contribution in [0.25, 0.3) is 0 Å². The molecule has 48 heavy (non-hydrogen) atoms. The average Bonchev–Trinajstić information content (AvgIpc) is 3.11. The molecule has 0 N–H and O–H groups in total. The SMILES string of the molecule is CC(=O)SCc1ccc(C(c2ccc(C#Cc3ccccc3)cc2)(c2ccc(CSC(C)=O)cc2)c2ccc(CSC(C)=O)cc2)cc1. The number of rotatable bonds is 10. The van der Waals surface area contributed by atoms with Crippen LogP contribution in [0.5, 0.6) is 0 Å². The highest BCUT2D eigenvalue weighted by Crippen LogP contribution is 2.45. The third kappa shape index (κ3) is 8.99. The minimum Gasteiger partial charge on any atom is -0.288 e. The predicted molar refractivity (Wildman–Crippen MR) is 203 cm³/mol. The van der Waals surface area contributed by atoms with Crippen molar-refractivity contribution >= 4 is 50.6 Å². The van der Waals surface area contributed by atoms with E-state index >= 15 is 0 Å². The van der Waals surface area contributed by atoms with Gasteiger partial charge in [0, 0.05) is 49.2 Å². The zero-order chi connectivity index (χ0) is 33.9. The van der Waals surface area contributed by atoms with Crippen molar-refractivity contribution in [1.29, 1.82) is 0 Å². The monoisotopic (exact) mass is 684 g/mol. The van der Waals surface area contributed by atoms with Gasteiger partial charge in [-0.1, -0.05) is 150 Å². The van der Waals surface area contributed by atoms with Crippen LogP contribution in [-0.4, -0.2) is 15.3 Å². The van der Waals surface area contributed by atoms with E-state index in [4.69, 9.17) is 0 Å². The summed E-state index contributed by atoms with van der Waals surface area (Å²) in [6.45, 7) is 4.78. The number of carbonyl (C=O) groups is 3. The van der Waals surface area contributed by atoms with E-state index in [1.165, 1.54) is 35.3 Å². The molecule has 0 bridgehead atoms. The predicted octanol–water partition coefficient (Wildman–Crippen LogP) is 9.81. The highest BCUT2D eigenvalue weighted by atomic mass is 32.2. The molecule has 0 atom stereocenters. The van der Waals surface area contributed by atoms with Crippen LogP contribution in [0.15, 0.2) is 127 Å². The first-order chi connectivity index (χ1) is 23.2. The van der Waals surface area contributed by atoms with Gasteiger partial charge in [-0.05, 0) is 63.2 Å². The second kappa shape index (κ2) is 16.7. The molecule has 0 aliphatic rings. The summed E-state index contributed by atoms with van der Waals surface area (Å²) in [5, 5.41) is 0.278. The van der Waals surface area contributed by atoms with Crippen LogP contribution in [0, 0.1) is 11.8 Å². The Morgan fingerprint density at radius 2 is 0.729 bits per heavy atom. The summed E-state index contributed by atoms with van der Waals surface area (Å²) >= 11 is 3.91. The summed E-state index contributed by atoms with van der Waals surface area (Å²) in [5.74, 6) is 8.42. The van der Waals surface area contributed by atoms with Gasteiger partial charge in [-0.2, -0.15) is 0 Å². The summed E-state index contributed by atoms with van der Waals surface area (Å²) in [6.07, 6.45) is 0. The minimum atomic E-state index is -0.698. The molecule has 0 radical (unpaired) electrons. The van der Waals surface area contributed by atoms with Crippen molar-refractivity contribution in [2.75, 3.05) is 0 Å². The fourth-order valence-corrected chi connectivity index (χ4v) is 7.26. The molecule has 0 aromatic heterocycles. The molecule has 0 aliphatic heterocycles. The highest BCUT2D eigenvalue weighted by Gasteiger charge is 2.38. The smallest absolute Gasteiger partial charge is 0.186 e. The first kappa shape index (κ1) is 35.0. The molecule has 0 saturated heterocycles. The van der Waals surface area contributed by atoms with Gasteiger partial charge in [-0.15, -0.1) is 0 Å². The molecule has 0 heterocycles. The Balaban J connectivity index is 1.67. The maximum Gasteiger partial charge on any atom is 0.186 e. The Kier molecular flexibility index (Phi) is 12.2. The molecule has 240 valence electrons. The van der Waals surface area contributed by atoms with Crippen LogP contribution in [-0.2, 0) is 37.1 Å². The molecule has 0 amide bonds.